The molecule has 2 aromatic carbocycles. The van der Waals surface area contributed by atoms with Gasteiger partial charge >= 0.3 is 6.18 Å². The van der Waals surface area contributed by atoms with Crippen LogP contribution in [0.3, 0.4) is 0 Å². The van der Waals surface area contributed by atoms with Crippen molar-refractivity contribution in [2.45, 2.75) is 19.6 Å². The van der Waals surface area contributed by atoms with Crippen LogP contribution in [0, 0.1) is 6.92 Å². The molecule has 0 saturated carbocycles. The molecule has 0 bridgehead atoms. The van der Waals surface area contributed by atoms with Crippen molar-refractivity contribution in [2.24, 2.45) is 0 Å². The number of anilines is 1. The van der Waals surface area contributed by atoms with Gasteiger partial charge < -0.3 is 20.1 Å². The summed E-state index contributed by atoms with van der Waals surface area (Å²) in [6, 6.07) is 8.61. The summed E-state index contributed by atoms with van der Waals surface area (Å²) in [6.07, 6.45) is -4.55. The Balaban J connectivity index is 1.79. The van der Waals surface area contributed by atoms with Gasteiger partial charge in [-0.3, -0.25) is 4.79 Å². The van der Waals surface area contributed by atoms with Gasteiger partial charge in [-0.1, -0.05) is 12.1 Å². The van der Waals surface area contributed by atoms with Crippen LogP contribution in [0.4, 0.5) is 18.9 Å². The number of rotatable bonds is 4. The summed E-state index contributed by atoms with van der Waals surface area (Å²) in [5.74, 6) is -0.848. The summed E-state index contributed by atoms with van der Waals surface area (Å²) in [5, 5.41) is 12.3. The highest BCUT2D eigenvalue weighted by atomic mass is 19.4. The first-order valence-electron chi connectivity index (χ1n) is 8.86. The number of carbonyl (C=O) groups is 1. The predicted octanol–water partition coefficient (Wildman–Crippen LogP) is 3.49. The zero-order chi connectivity index (χ0) is 20.3. The number of phenols is 1. The third-order valence-corrected chi connectivity index (χ3v) is 4.61. The molecule has 1 aliphatic rings. The average Bonchev–Trinajstić information content (AvgIpc) is 2.66. The number of nitrogens with one attached hydrogen (secondary N) is 1. The van der Waals surface area contributed by atoms with E-state index in [0.29, 0.717) is 32.0 Å². The number of carbonyl (C=O) groups excluding carboxylic acids is 1. The summed E-state index contributed by atoms with van der Waals surface area (Å²) < 4.78 is 45.9. The summed E-state index contributed by atoms with van der Waals surface area (Å²) in [5.41, 5.74) is 0.437. The molecule has 3 rings (SSSR count). The molecule has 150 valence electrons. The SMILES string of the molecule is Cc1ccc(C(=O)NCc2ccc(N3CCOCC3)cc2C(F)(F)F)c(O)c1. The van der Waals surface area contributed by atoms with E-state index in [2.05, 4.69) is 5.32 Å². The van der Waals surface area contributed by atoms with Gasteiger partial charge in [0.1, 0.15) is 5.75 Å². The van der Waals surface area contributed by atoms with E-state index in [1.807, 2.05) is 4.90 Å². The molecule has 1 aliphatic heterocycles. The molecule has 5 nitrogen and oxygen atoms in total. The molecular formula is C20H21F3N2O3. The molecule has 1 amide bonds. The van der Waals surface area contributed by atoms with E-state index in [9.17, 15) is 23.1 Å². The normalized spacial score (nSPS) is 14.8. The van der Waals surface area contributed by atoms with Crippen molar-refractivity contribution in [2.75, 3.05) is 31.2 Å². The van der Waals surface area contributed by atoms with Crippen molar-refractivity contribution < 1.29 is 27.8 Å². The lowest BCUT2D eigenvalue weighted by Gasteiger charge is -2.29. The maximum Gasteiger partial charge on any atom is 0.416 e. The van der Waals surface area contributed by atoms with E-state index in [-0.39, 0.29) is 23.4 Å². The van der Waals surface area contributed by atoms with E-state index >= 15 is 0 Å². The highest BCUT2D eigenvalue weighted by molar-refractivity contribution is 5.96. The Hall–Kier alpha value is -2.74. The molecular weight excluding hydrogens is 373 g/mol. The van der Waals surface area contributed by atoms with Crippen LogP contribution in [0.2, 0.25) is 0 Å². The number of aryl methyl sites for hydroxylation is 1. The fourth-order valence-corrected chi connectivity index (χ4v) is 3.11. The number of hydrogen-bond acceptors (Lipinski definition) is 4. The molecule has 0 aromatic heterocycles. The van der Waals surface area contributed by atoms with Crippen LogP contribution in [0.15, 0.2) is 36.4 Å². The minimum Gasteiger partial charge on any atom is -0.507 e. The minimum atomic E-state index is -4.55. The number of ether oxygens (including phenoxy) is 1. The Kier molecular flexibility index (Phi) is 5.79. The first kappa shape index (κ1) is 20.0. The minimum absolute atomic E-state index is 0.0177. The zero-order valence-electron chi connectivity index (χ0n) is 15.3. The molecule has 1 heterocycles. The van der Waals surface area contributed by atoms with Crippen molar-refractivity contribution in [1.29, 1.82) is 0 Å². The maximum absolute atomic E-state index is 13.6. The Bertz CT molecular complexity index is 862. The summed E-state index contributed by atoms with van der Waals surface area (Å²) in [7, 11) is 0. The van der Waals surface area contributed by atoms with Gasteiger partial charge in [-0.05, 0) is 42.3 Å². The van der Waals surface area contributed by atoms with Gasteiger partial charge in [0.05, 0.1) is 24.3 Å². The van der Waals surface area contributed by atoms with Gasteiger partial charge in [-0.2, -0.15) is 13.2 Å². The van der Waals surface area contributed by atoms with Crippen molar-refractivity contribution in [3.63, 3.8) is 0 Å². The summed E-state index contributed by atoms with van der Waals surface area (Å²) in [4.78, 5) is 14.1. The van der Waals surface area contributed by atoms with Gasteiger partial charge in [0.2, 0.25) is 0 Å². The summed E-state index contributed by atoms with van der Waals surface area (Å²) >= 11 is 0. The smallest absolute Gasteiger partial charge is 0.416 e. The van der Waals surface area contributed by atoms with E-state index in [1.54, 1.807) is 19.1 Å². The van der Waals surface area contributed by atoms with Crippen LogP contribution in [-0.4, -0.2) is 37.3 Å². The van der Waals surface area contributed by atoms with Crippen LogP contribution in [-0.2, 0) is 17.5 Å². The zero-order valence-corrected chi connectivity index (χ0v) is 15.3. The predicted molar refractivity (Wildman–Crippen MR) is 98.5 cm³/mol. The second kappa shape index (κ2) is 8.10. The van der Waals surface area contributed by atoms with Crippen LogP contribution in [0.25, 0.3) is 0 Å². The van der Waals surface area contributed by atoms with E-state index < -0.39 is 17.6 Å². The molecule has 0 atom stereocenters. The summed E-state index contributed by atoms with van der Waals surface area (Å²) in [6.45, 7) is 3.45. The number of halogens is 3. The van der Waals surface area contributed by atoms with Crippen LogP contribution < -0.4 is 10.2 Å². The second-order valence-electron chi connectivity index (χ2n) is 6.64. The molecule has 0 unspecified atom stereocenters. The Labute approximate surface area is 160 Å². The fourth-order valence-electron chi connectivity index (χ4n) is 3.11. The number of benzene rings is 2. The van der Waals surface area contributed by atoms with Crippen LogP contribution in [0.5, 0.6) is 5.75 Å². The number of alkyl halides is 3. The molecule has 2 N–H and O–H groups in total. The molecule has 0 aliphatic carbocycles. The van der Waals surface area contributed by atoms with Crippen molar-refractivity contribution in [3.05, 3.63) is 58.7 Å². The van der Waals surface area contributed by atoms with Gasteiger partial charge in [0, 0.05) is 25.3 Å². The van der Waals surface area contributed by atoms with E-state index in [4.69, 9.17) is 4.74 Å². The van der Waals surface area contributed by atoms with Crippen molar-refractivity contribution in [3.8, 4) is 5.75 Å². The Morgan fingerprint density at radius 1 is 1.18 bits per heavy atom. The third kappa shape index (κ3) is 4.56. The first-order valence-corrected chi connectivity index (χ1v) is 8.86. The van der Waals surface area contributed by atoms with Crippen molar-refractivity contribution in [1.82, 2.24) is 5.32 Å². The highest BCUT2D eigenvalue weighted by Crippen LogP contribution is 2.35. The molecule has 1 saturated heterocycles. The molecule has 28 heavy (non-hydrogen) atoms. The topological polar surface area (TPSA) is 61.8 Å². The number of hydrogen-bond donors (Lipinski definition) is 2. The lowest BCUT2D eigenvalue weighted by molar-refractivity contribution is -0.138. The molecule has 8 heteroatoms. The quantitative estimate of drug-likeness (QED) is 0.834. The standard InChI is InChI=1S/C20H21F3N2O3/c1-13-2-5-16(18(26)10-13)19(27)24-12-14-3-4-15(11-17(14)20(21,22)23)25-6-8-28-9-7-25/h2-5,10-11,26H,6-9,12H2,1H3,(H,24,27). The Morgan fingerprint density at radius 2 is 1.89 bits per heavy atom. The lowest BCUT2D eigenvalue weighted by Crippen LogP contribution is -2.36. The monoisotopic (exact) mass is 394 g/mol. The molecule has 0 radical (unpaired) electrons. The second-order valence-corrected chi connectivity index (χ2v) is 6.64. The number of morpholine rings is 1. The fraction of sp³-hybridized carbons (Fsp3) is 0.350. The third-order valence-electron chi connectivity index (χ3n) is 4.61. The van der Waals surface area contributed by atoms with Crippen LogP contribution >= 0.6 is 0 Å². The van der Waals surface area contributed by atoms with Gasteiger partial charge in [0.15, 0.2) is 0 Å². The number of aromatic hydroxyl groups is 1. The molecule has 2 aromatic rings. The maximum atomic E-state index is 13.6. The van der Waals surface area contributed by atoms with Gasteiger partial charge in [0.25, 0.3) is 5.91 Å². The molecule has 1 fully saturated rings. The van der Waals surface area contributed by atoms with Gasteiger partial charge in [-0.15, -0.1) is 0 Å². The van der Waals surface area contributed by atoms with E-state index in [0.717, 1.165) is 11.6 Å². The first-order chi connectivity index (χ1) is 13.3. The number of phenolic OH excluding ortho intramolecular Hbond substituents is 1. The Morgan fingerprint density at radius 3 is 2.54 bits per heavy atom. The average molecular weight is 394 g/mol. The largest absolute Gasteiger partial charge is 0.507 e. The number of amides is 1. The van der Waals surface area contributed by atoms with Gasteiger partial charge in [-0.25, -0.2) is 0 Å². The lowest BCUT2D eigenvalue weighted by atomic mass is 10.0. The number of nitrogens with zero attached hydrogens (tertiary/aromatic N) is 1. The molecule has 0 spiro atoms. The van der Waals surface area contributed by atoms with Crippen LogP contribution in [0.1, 0.15) is 27.0 Å². The van der Waals surface area contributed by atoms with Crippen molar-refractivity contribution >= 4 is 11.6 Å². The highest BCUT2D eigenvalue weighted by Gasteiger charge is 2.34. The van der Waals surface area contributed by atoms with E-state index in [1.165, 1.54) is 18.2 Å².